The molecule has 35 heavy (non-hydrogen) atoms. The average Bonchev–Trinajstić information content (AvgIpc) is 3.48. The SMILES string of the molecule is Cc1cccc(-n2cccc2C2C(c3ccccn3)NC(=S)N2CCC(=O)Nc2ccccc2)c1. The minimum Gasteiger partial charge on any atom is -0.352 e. The van der Waals surface area contributed by atoms with E-state index in [1.165, 1.54) is 5.56 Å². The molecule has 7 heteroatoms. The fourth-order valence-corrected chi connectivity index (χ4v) is 4.91. The summed E-state index contributed by atoms with van der Waals surface area (Å²) in [6.45, 7) is 2.57. The summed E-state index contributed by atoms with van der Waals surface area (Å²) in [5.41, 5.74) is 5.06. The van der Waals surface area contributed by atoms with Gasteiger partial charge in [-0.2, -0.15) is 0 Å². The molecule has 2 N–H and O–H groups in total. The Balaban J connectivity index is 1.45. The maximum absolute atomic E-state index is 12.7. The van der Waals surface area contributed by atoms with Crippen LogP contribution in [0.15, 0.2) is 97.3 Å². The Bertz CT molecular complexity index is 1320. The van der Waals surface area contributed by atoms with Gasteiger partial charge >= 0.3 is 0 Å². The molecule has 2 aromatic carbocycles. The van der Waals surface area contributed by atoms with Gasteiger partial charge in [0.15, 0.2) is 5.11 Å². The number of nitrogens with zero attached hydrogens (tertiary/aromatic N) is 3. The summed E-state index contributed by atoms with van der Waals surface area (Å²) < 4.78 is 2.19. The highest BCUT2D eigenvalue weighted by atomic mass is 32.1. The molecule has 1 amide bonds. The summed E-state index contributed by atoms with van der Waals surface area (Å²) in [5, 5.41) is 7.06. The second-order valence-corrected chi connectivity index (χ2v) is 9.01. The lowest BCUT2D eigenvalue weighted by atomic mass is 10.0. The predicted molar refractivity (Wildman–Crippen MR) is 142 cm³/mol. The quantitative estimate of drug-likeness (QED) is 0.356. The van der Waals surface area contributed by atoms with E-state index in [4.69, 9.17) is 12.2 Å². The molecule has 1 aliphatic rings. The van der Waals surface area contributed by atoms with Crippen molar-refractivity contribution in [1.29, 1.82) is 0 Å². The largest absolute Gasteiger partial charge is 0.352 e. The number of carbonyl (C=O) groups excluding carboxylic acids is 1. The number of carbonyl (C=O) groups is 1. The first kappa shape index (κ1) is 22.8. The number of hydrogen-bond acceptors (Lipinski definition) is 3. The van der Waals surface area contributed by atoms with Crippen LogP contribution in [0.1, 0.15) is 35.5 Å². The molecular weight excluding hydrogens is 454 g/mol. The van der Waals surface area contributed by atoms with E-state index in [9.17, 15) is 4.79 Å². The van der Waals surface area contributed by atoms with Crippen LogP contribution in [0.4, 0.5) is 5.69 Å². The number of aryl methyl sites for hydroxylation is 1. The summed E-state index contributed by atoms with van der Waals surface area (Å²) in [5.74, 6) is -0.0481. The van der Waals surface area contributed by atoms with E-state index >= 15 is 0 Å². The van der Waals surface area contributed by atoms with Crippen molar-refractivity contribution < 1.29 is 4.79 Å². The van der Waals surface area contributed by atoms with E-state index in [2.05, 4.69) is 74.6 Å². The predicted octanol–water partition coefficient (Wildman–Crippen LogP) is 5.18. The first-order valence-electron chi connectivity index (χ1n) is 11.7. The van der Waals surface area contributed by atoms with Crippen LogP contribution in [-0.4, -0.2) is 32.0 Å². The number of rotatable bonds is 7. The molecule has 0 spiro atoms. The second kappa shape index (κ2) is 10.1. The van der Waals surface area contributed by atoms with Crippen LogP contribution in [0.25, 0.3) is 5.69 Å². The van der Waals surface area contributed by atoms with Crippen molar-refractivity contribution in [1.82, 2.24) is 19.8 Å². The molecule has 2 atom stereocenters. The summed E-state index contributed by atoms with van der Waals surface area (Å²) in [6, 6.07) is 27.7. The van der Waals surface area contributed by atoms with Crippen molar-refractivity contribution in [3.63, 3.8) is 0 Å². The molecule has 5 rings (SSSR count). The maximum atomic E-state index is 12.7. The Morgan fingerprint density at radius 1 is 1.03 bits per heavy atom. The zero-order valence-electron chi connectivity index (χ0n) is 19.5. The summed E-state index contributed by atoms with van der Waals surface area (Å²) >= 11 is 5.78. The molecule has 2 aromatic heterocycles. The third kappa shape index (κ3) is 4.95. The molecule has 0 aliphatic carbocycles. The van der Waals surface area contributed by atoms with Crippen LogP contribution >= 0.6 is 12.2 Å². The van der Waals surface area contributed by atoms with Gasteiger partial charge in [0.1, 0.15) is 0 Å². The monoisotopic (exact) mass is 481 g/mol. The highest BCUT2D eigenvalue weighted by molar-refractivity contribution is 7.80. The fraction of sp³-hybridized carbons (Fsp3) is 0.179. The van der Waals surface area contributed by atoms with Crippen LogP contribution < -0.4 is 10.6 Å². The highest BCUT2D eigenvalue weighted by Crippen LogP contribution is 2.39. The van der Waals surface area contributed by atoms with E-state index in [0.29, 0.717) is 18.1 Å². The van der Waals surface area contributed by atoms with Gasteiger partial charge in [0, 0.05) is 42.4 Å². The number of aromatic nitrogens is 2. The zero-order chi connectivity index (χ0) is 24.2. The first-order valence-corrected chi connectivity index (χ1v) is 12.1. The minimum atomic E-state index is -0.139. The third-order valence-corrected chi connectivity index (χ3v) is 6.55. The van der Waals surface area contributed by atoms with Gasteiger partial charge in [-0.15, -0.1) is 0 Å². The zero-order valence-corrected chi connectivity index (χ0v) is 20.3. The van der Waals surface area contributed by atoms with Crippen LogP contribution in [-0.2, 0) is 4.79 Å². The number of benzene rings is 2. The molecule has 176 valence electrons. The summed E-state index contributed by atoms with van der Waals surface area (Å²) in [4.78, 5) is 19.5. The Hall–Kier alpha value is -3.97. The number of pyridine rings is 1. The fourth-order valence-electron chi connectivity index (χ4n) is 4.58. The van der Waals surface area contributed by atoms with E-state index in [1.807, 2.05) is 48.5 Å². The van der Waals surface area contributed by atoms with E-state index < -0.39 is 0 Å². The van der Waals surface area contributed by atoms with Gasteiger partial charge in [0.25, 0.3) is 0 Å². The van der Waals surface area contributed by atoms with Crippen molar-refractivity contribution in [2.75, 3.05) is 11.9 Å². The van der Waals surface area contributed by atoms with E-state index in [-0.39, 0.29) is 18.0 Å². The highest BCUT2D eigenvalue weighted by Gasteiger charge is 2.41. The van der Waals surface area contributed by atoms with Gasteiger partial charge in [0.05, 0.1) is 17.8 Å². The van der Waals surface area contributed by atoms with Crippen molar-refractivity contribution in [2.24, 2.45) is 0 Å². The number of hydrogen-bond donors (Lipinski definition) is 2. The average molecular weight is 482 g/mol. The molecule has 1 aliphatic heterocycles. The van der Waals surface area contributed by atoms with Crippen LogP contribution in [0.3, 0.4) is 0 Å². The maximum Gasteiger partial charge on any atom is 0.226 e. The van der Waals surface area contributed by atoms with Gasteiger partial charge < -0.3 is 20.1 Å². The lowest BCUT2D eigenvalue weighted by molar-refractivity contribution is -0.116. The van der Waals surface area contributed by atoms with Crippen molar-refractivity contribution >= 4 is 28.9 Å². The standard InChI is InChI=1S/C28H27N5OS/c1-20-9-7-12-22(19-20)32-17-8-14-24(32)27-26(23-13-5-6-16-29-23)31-28(35)33(27)18-15-25(34)30-21-10-3-2-4-11-21/h2-14,16-17,19,26-27H,15,18H2,1H3,(H,30,34)(H,31,35). The Labute approximate surface area is 210 Å². The summed E-state index contributed by atoms with van der Waals surface area (Å²) in [7, 11) is 0. The Morgan fingerprint density at radius 3 is 2.63 bits per heavy atom. The van der Waals surface area contributed by atoms with Crippen LogP contribution in [0.2, 0.25) is 0 Å². The van der Waals surface area contributed by atoms with Gasteiger partial charge in [-0.05, 0) is 73.2 Å². The van der Waals surface area contributed by atoms with Crippen LogP contribution in [0, 0.1) is 6.92 Å². The number of nitrogens with one attached hydrogen (secondary N) is 2. The Morgan fingerprint density at radius 2 is 1.86 bits per heavy atom. The molecular formula is C28H27N5OS. The molecule has 4 aromatic rings. The topological polar surface area (TPSA) is 62.2 Å². The van der Waals surface area contributed by atoms with E-state index in [1.54, 1.807) is 6.20 Å². The van der Waals surface area contributed by atoms with Gasteiger partial charge in [-0.1, -0.05) is 36.4 Å². The molecule has 0 bridgehead atoms. The molecule has 6 nitrogen and oxygen atoms in total. The van der Waals surface area contributed by atoms with E-state index in [0.717, 1.165) is 22.8 Å². The second-order valence-electron chi connectivity index (χ2n) is 8.63. The number of thiocarbonyl (C=S) groups is 1. The smallest absolute Gasteiger partial charge is 0.226 e. The van der Waals surface area contributed by atoms with Crippen molar-refractivity contribution in [3.8, 4) is 5.69 Å². The lowest BCUT2D eigenvalue weighted by Gasteiger charge is -2.29. The molecule has 1 saturated heterocycles. The molecule has 1 fully saturated rings. The van der Waals surface area contributed by atoms with Crippen molar-refractivity contribution in [2.45, 2.75) is 25.4 Å². The minimum absolute atomic E-state index is 0.0481. The van der Waals surface area contributed by atoms with Gasteiger partial charge in [0.2, 0.25) is 5.91 Å². The van der Waals surface area contributed by atoms with Crippen molar-refractivity contribution in [3.05, 3.63) is 114 Å². The van der Waals surface area contributed by atoms with Gasteiger partial charge in [-0.25, -0.2) is 0 Å². The third-order valence-electron chi connectivity index (χ3n) is 6.20. The van der Waals surface area contributed by atoms with Gasteiger partial charge in [-0.3, -0.25) is 9.78 Å². The number of amides is 1. The number of anilines is 1. The number of para-hydroxylation sites is 1. The molecule has 0 radical (unpaired) electrons. The van der Waals surface area contributed by atoms with Crippen LogP contribution in [0.5, 0.6) is 0 Å². The molecule has 0 saturated carbocycles. The lowest BCUT2D eigenvalue weighted by Crippen LogP contribution is -2.33. The first-order chi connectivity index (χ1) is 17.1. The summed E-state index contributed by atoms with van der Waals surface area (Å²) in [6.07, 6.45) is 4.18. The normalized spacial score (nSPS) is 17.3. The molecule has 2 unspecified atom stereocenters. The Kier molecular flexibility index (Phi) is 6.59. The molecule has 3 heterocycles.